The number of hydrogen-bond donors (Lipinski definition) is 0. The van der Waals surface area contributed by atoms with Gasteiger partial charge in [0, 0.05) is 0 Å². The van der Waals surface area contributed by atoms with Gasteiger partial charge in [0.1, 0.15) is 0 Å². The molecule has 0 aromatic heterocycles. The van der Waals surface area contributed by atoms with Gasteiger partial charge in [-0.1, -0.05) is 0 Å². The molecule has 0 nitrogen and oxygen atoms in total. The maximum absolute atomic E-state index is 3.69. The topological polar surface area (TPSA) is 0 Å². The van der Waals surface area contributed by atoms with E-state index in [2.05, 4.69) is 76.2 Å². The molecule has 0 fully saturated rings. The molecule has 0 aliphatic heterocycles. The molecule has 2 rings (SSSR count). The van der Waals surface area contributed by atoms with Gasteiger partial charge < -0.3 is 0 Å². The van der Waals surface area contributed by atoms with Crippen LogP contribution in [0.2, 0.25) is 0 Å². The van der Waals surface area contributed by atoms with Crippen LogP contribution < -0.4 is 0 Å². The molecule has 2 aromatic rings. The van der Waals surface area contributed by atoms with Crippen molar-refractivity contribution in [3.8, 4) is 0 Å². The van der Waals surface area contributed by atoms with Crippen molar-refractivity contribution in [3.05, 3.63) is 75.4 Å². The van der Waals surface area contributed by atoms with Crippen LogP contribution >= 0.6 is 11.9 Å². The van der Waals surface area contributed by atoms with Gasteiger partial charge in [0.2, 0.25) is 0 Å². The summed E-state index contributed by atoms with van der Waals surface area (Å²) in [6, 6.07) is 21.2. The summed E-state index contributed by atoms with van der Waals surface area (Å²) in [4.78, 5) is 0. The van der Waals surface area contributed by atoms with E-state index in [0.717, 1.165) is 0 Å². The average molecular weight is 460 g/mol. The van der Waals surface area contributed by atoms with Crippen molar-refractivity contribution in [3.63, 3.8) is 0 Å². The Morgan fingerprint density at radius 2 is 1.25 bits per heavy atom. The van der Waals surface area contributed by atoms with Crippen LogP contribution in [0.3, 0.4) is 0 Å². The minimum atomic E-state index is -0.953. The summed E-state index contributed by atoms with van der Waals surface area (Å²) in [5, 5.41) is 0. The van der Waals surface area contributed by atoms with Crippen molar-refractivity contribution in [2.24, 2.45) is 0 Å². The van der Waals surface area contributed by atoms with Gasteiger partial charge in [-0.2, -0.15) is 0 Å². The molecule has 16 heavy (non-hydrogen) atoms. The predicted molar refractivity (Wildman–Crippen MR) is 68.9 cm³/mol. The molecule has 0 N–H and O–H groups in total. The van der Waals surface area contributed by atoms with Gasteiger partial charge in [0.25, 0.3) is 0 Å². The Labute approximate surface area is 114 Å². The molecule has 0 bridgehead atoms. The van der Waals surface area contributed by atoms with Crippen molar-refractivity contribution < 1.29 is 22.1 Å². The summed E-state index contributed by atoms with van der Waals surface area (Å²) < 4.78 is 2.42. The zero-order valence-electron chi connectivity index (χ0n) is 8.94. The molecule has 2 aromatic carbocycles. The van der Waals surface area contributed by atoms with E-state index in [1.54, 1.807) is 0 Å². The fourth-order valence-corrected chi connectivity index (χ4v) is 6.99. The Bertz CT molecular complexity index is 421. The minimum absolute atomic E-state index is 0.953. The molecule has 0 heterocycles. The van der Waals surface area contributed by atoms with E-state index >= 15 is 0 Å². The zero-order chi connectivity index (χ0) is 11.2. The second-order valence-electron chi connectivity index (χ2n) is 3.50. The van der Waals surface area contributed by atoms with E-state index in [-0.39, 0.29) is 0 Å². The normalized spacial score (nSPS) is 9.31. The molecular weight excluding hydrogens is 449 g/mol. The summed E-state index contributed by atoms with van der Waals surface area (Å²) in [6.07, 6.45) is 0. The van der Waals surface area contributed by atoms with Gasteiger partial charge in [-0.25, -0.2) is 0 Å². The predicted octanol–water partition coefficient (Wildman–Crippen LogP) is 4.47. The van der Waals surface area contributed by atoms with E-state index < -0.39 is 22.1 Å². The summed E-state index contributed by atoms with van der Waals surface area (Å²) in [5.41, 5.74) is 4.00. The van der Waals surface area contributed by atoms with Crippen molar-refractivity contribution in [2.75, 3.05) is 0 Å². The molecule has 0 aliphatic rings. The average Bonchev–Trinajstić information content (AvgIpc) is 2.38. The Morgan fingerprint density at radius 1 is 0.812 bits per heavy atom. The molecule has 0 spiro atoms. The molecule has 0 saturated carbocycles. The number of benzene rings is 2. The van der Waals surface area contributed by atoms with Crippen LogP contribution in [-0.4, -0.2) is 0 Å². The van der Waals surface area contributed by atoms with Gasteiger partial charge in [-0.05, 0) is 0 Å². The third-order valence-corrected chi connectivity index (χ3v) is 7.48. The fraction of sp³-hybridized carbons (Fsp3) is 0. The first kappa shape index (κ1) is 12.1. The van der Waals surface area contributed by atoms with E-state index in [1.165, 1.54) is 16.7 Å². The number of rotatable bonds is 3. The van der Waals surface area contributed by atoms with E-state index in [9.17, 15) is 0 Å². The van der Waals surface area contributed by atoms with Gasteiger partial charge >= 0.3 is 115 Å². The molecular formula is C14H11BrHg. The SMILES string of the molecule is [Br][Hg][CH]=C(c1ccccc1)c1ccccc1. The van der Waals surface area contributed by atoms with Crippen LogP contribution in [0.4, 0.5) is 0 Å². The maximum atomic E-state index is 3.69. The van der Waals surface area contributed by atoms with Crippen molar-refractivity contribution >= 4 is 17.5 Å². The Balaban J connectivity index is 2.44. The summed E-state index contributed by atoms with van der Waals surface area (Å²) in [5.74, 6) is 0. The van der Waals surface area contributed by atoms with Crippen molar-refractivity contribution in [2.45, 2.75) is 0 Å². The van der Waals surface area contributed by atoms with Gasteiger partial charge in [0.05, 0.1) is 0 Å². The van der Waals surface area contributed by atoms with E-state index in [4.69, 9.17) is 0 Å². The zero-order valence-corrected chi connectivity index (χ0v) is 16.0. The van der Waals surface area contributed by atoms with Crippen LogP contribution in [0.5, 0.6) is 0 Å². The van der Waals surface area contributed by atoms with Crippen molar-refractivity contribution in [1.82, 2.24) is 0 Å². The van der Waals surface area contributed by atoms with Crippen LogP contribution in [0.15, 0.2) is 64.2 Å². The second-order valence-corrected chi connectivity index (χ2v) is 12.0. The first-order chi connectivity index (χ1) is 7.92. The van der Waals surface area contributed by atoms with Crippen molar-refractivity contribution in [1.29, 1.82) is 0 Å². The Morgan fingerprint density at radius 3 is 1.62 bits per heavy atom. The molecule has 76 valence electrons. The first-order valence-corrected chi connectivity index (χ1v) is 20.4. The van der Waals surface area contributed by atoms with E-state index in [0.29, 0.717) is 0 Å². The number of hydrogen-bond acceptors (Lipinski definition) is 0. The molecule has 0 atom stereocenters. The molecule has 0 radical (unpaired) electrons. The summed E-state index contributed by atoms with van der Waals surface area (Å²) in [7, 11) is 0. The van der Waals surface area contributed by atoms with Crippen LogP contribution in [0, 0.1) is 0 Å². The second kappa shape index (κ2) is 6.36. The standard InChI is InChI=1S/C14H11.BrH.Hg/c1-12(13-8-4-2-5-9-13)14-10-6-3-7-11-14;;/h1-11H;1H;/q;;+1/p-1. The molecule has 0 amide bonds. The van der Waals surface area contributed by atoms with Crippen LogP contribution in [-0.2, 0) is 22.1 Å². The summed E-state index contributed by atoms with van der Waals surface area (Å²) >= 11 is 2.74. The van der Waals surface area contributed by atoms with Gasteiger partial charge in [-0.15, -0.1) is 0 Å². The quantitative estimate of drug-likeness (QED) is 0.594. The Kier molecular flexibility index (Phi) is 4.79. The number of halogens is 1. The first-order valence-electron chi connectivity index (χ1n) is 5.29. The van der Waals surface area contributed by atoms with E-state index in [1.807, 2.05) is 0 Å². The van der Waals surface area contributed by atoms with Crippen LogP contribution in [0.25, 0.3) is 5.57 Å². The molecule has 0 saturated heterocycles. The third kappa shape index (κ3) is 3.05. The molecule has 2 heteroatoms. The summed E-state index contributed by atoms with van der Waals surface area (Å²) in [6.45, 7) is 0. The van der Waals surface area contributed by atoms with Gasteiger partial charge in [0.15, 0.2) is 0 Å². The monoisotopic (exact) mass is 460 g/mol. The molecule has 0 unspecified atom stereocenters. The fourth-order valence-electron chi connectivity index (χ4n) is 1.71. The third-order valence-electron chi connectivity index (χ3n) is 2.45. The molecule has 0 aliphatic carbocycles. The Hall–Kier alpha value is -0.405. The van der Waals surface area contributed by atoms with Crippen LogP contribution in [0.1, 0.15) is 11.1 Å². The van der Waals surface area contributed by atoms with Gasteiger partial charge in [-0.3, -0.25) is 0 Å².